The maximum Gasteiger partial charge on any atom is 0.331 e. The van der Waals surface area contributed by atoms with Crippen LogP contribution < -0.4 is 16.6 Å². The molecule has 1 aliphatic carbocycles. The number of aromatic nitrogens is 2. The number of amides is 1. The molecule has 1 aliphatic rings. The van der Waals surface area contributed by atoms with Crippen molar-refractivity contribution in [1.82, 2.24) is 14.5 Å². The first kappa shape index (κ1) is 22.8. The minimum absolute atomic E-state index is 0.0335. The molecular formula is C24H28ClN3O3S. The minimum Gasteiger partial charge on any atom is -0.356 e. The summed E-state index contributed by atoms with van der Waals surface area (Å²) in [6, 6.07) is 9.27. The Bertz CT molecular complexity index is 1220. The number of fused-ring (bicyclic) bond motifs is 1. The summed E-state index contributed by atoms with van der Waals surface area (Å²) in [5.74, 6) is 0.373. The Morgan fingerprint density at radius 3 is 2.59 bits per heavy atom. The van der Waals surface area contributed by atoms with Gasteiger partial charge in [0.25, 0.3) is 5.56 Å². The van der Waals surface area contributed by atoms with E-state index in [4.69, 9.17) is 11.6 Å². The molecule has 2 heterocycles. The summed E-state index contributed by atoms with van der Waals surface area (Å²) in [5.41, 5.74) is 0.965. The number of nitrogens with zero attached hydrogens (tertiary/aromatic N) is 2. The minimum atomic E-state index is -0.302. The summed E-state index contributed by atoms with van der Waals surface area (Å²) in [6.07, 6.45) is 4.19. The van der Waals surface area contributed by atoms with E-state index >= 15 is 0 Å². The summed E-state index contributed by atoms with van der Waals surface area (Å²) in [5, 5.41) is 5.42. The zero-order valence-electron chi connectivity index (χ0n) is 18.2. The molecule has 0 saturated heterocycles. The van der Waals surface area contributed by atoms with Gasteiger partial charge in [-0.05, 0) is 61.1 Å². The van der Waals surface area contributed by atoms with E-state index in [9.17, 15) is 14.4 Å². The van der Waals surface area contributed by atoms with Crippen LogP contribution in [0.4, 0.5) is 0 Å². The molecule has 0 aliphatic heterocycles. The quantitative estimate of drug-likeness (QED) is 0.557. The topological polar surface area (TPSA) is 73.1 Å². The Morgan fingerprint density at radius 2 is 1.88 bits per heavy atom. The number of benzene rings is 1. The highest BCUT2D eigenvalue weighted by Gasteiger charge is 2.27. The normalized spacial score (nSPS) is 18.7. The average Bonchev–Trinajstić information content (AvgIpc) is 3.29. The van der Waals surface area contributed by atoms with Gasteiger partial charge in [0.15, 0.2) is 0 Å². The Hall–Kier alpha value is -2.38. The van der Waals surface area contributed by atoms with E-state index in [2.05, 4.69) is 5.32 Å². The summed E-state index contributed by atoms with van der Waals surface area (Å²) in [6.45, 7) is 3.45. The van der Waals surface area contributed by atoms with Crippen molar-refractivity contribution in [2.75, 3.05) is 6.54 Å². The van der Waals surface area contributed by atoms with Crippen molar-refractivity contribution in [3.05, 3.63) is 67.1 Å². The van der Waals surface area contributed by atoms with E-state index in [1.807, 2.05) is 36.6 Å². The summed E-state index contributed by atoms with van der Waals surface area (Å²) in [4.78, 5) is 38.8. The van der Waals surface area contributed by atoms with Gasteiger partial charge in [0.1, 0.15) is 4.70 Å². The van der Waals surface area contributed by atoms with Crippen molar-refractivity contribution in [1.29, 1.82) is 0 Å². The van der Waals surface area contributed by atoms with Crippen LogP contribution in [0.1, 0.15) is 44.6 Å². The molecule has 1 fully saturated rings. The van der Waals surface area contributed by atoms with Crippen molar-refractivity contribution in [2.45, 2.75) is 52.1 Å². The number of halogens is 1. The zero-order chi connectivity index (χ0) is 22.7. The third-order valence-corrected chi connectivity index (χ3v) is 7.59. The van der Waals surface area contributed by atoms with Crippen molar-refractivity contribution >= 4 is 39.1 Å². The van der Waals surface area contributed by atoms with Gasteiger partial charge in [0.05, 0.1) is 12.1 Å². The van der Waals surface area contributed by atoms with E-state index in [1.54, 1.807) is 10.6 Å². The van der Waals surface area contributed by atoms with Gasteiger partial charge in [-0.15, -0.1) is 11.3 Å². The van der Waals surface area contributed by atoms with Gasteiger partial charge in [-0.1, -0.05) is 36.7 Å². The van der Waals surface area contributed by atoms with Crippen molar-refractivity contribution in [3.63, 3.8) is 0 Å². The maximum absolute atomic E-state index is 13.4. The van der Waals surface area contributed by atoms with Crippen molar-refractivity contribution < 1.29 is 4.79 Å². The predicted octanol–water partition coefficient (Wildman–Crippen LogP) is 4.26. The first-order valence-corrected chi connectivity index (χ1v) is 12.5. The summed E-state index contributed by atoms with van der Waals surface area (Å²) < 4.78 is 3.63. The smallest absolute Gasteiger partial charge is 0.331 e. The van der Waals surface area contributed by atoms with Gasteiger partial charge in [-0.25, -0.2) is 4.79 Å². The molecule has 0 atom stereocenters. The fourth-order valence-electron chi connectivity index (χ4n) is 4.50. The third kappa shape index (κ3) is 4.69. The lowest BCUT2D eigenvalue weighted by atomic mass is 9.81. The van der Waals surface area contributed by atoms with E-state index in [0.717, 1.165) is 37.7 Å². The molecular weight excluding hydrogens is 446 g/mol. The second-order valence-electron chi connectivity index (χ2n) is 8.52. The molecule has 170 valence electrons. The van der Waals surface area contributed by atoms with Crippen molar-refractivity contribution in [3.8, 4) is 0 Å². The highest BCUT2D eigenvalue weighted by Crippen LogP contribution is 2.30. The fraction of sp³-hybridized carbons (Fsp3) is 0.458. The third-order valence-electron chi connectivity index (χ3n) is 6.33. The molecule has 2 aromatic heterocycles. The summed E-state index contributed by atoms with van der Waals surface area (Å²) in [7, 11) is 0. The molecule has 1 saturated carbocycles. The lowest BCUT2D eigenvalue weighted by Gasteiger charge is -2.28. The molecule has 0 unspecified atom stereocenters. The molecule has 6 nitrogen and oxygen atoms in total. The molecule has 0 spiro atoms. The van der Waals surface area contributed by atoms with Gasteiger partial charge in [-0.2, -0.15) is 0 Å². The van der Waals surface area contributed by atoms with Crippen LogP contribution in [0, 0.1) is 11.8 Å². The van der Waals surface area contributed by atoms with Crippen LogP contribution in [0.5, 0.6) is 0 Å². The van der Waals surface area contributed by atoms with Gasteiger partial charge in [0, 0.05) is 24.0 Å². The van der Waals surface area contributed by atoms with Gasteiger partial charge >= 0.3 is 5.69 Å². The first-order chi connectivity index (χ1) is 15.5. The first-order valence-electron chi connectivity index (χ1n) is 11.2. The van der Waals surface area contributed by atoms with Crippen LogP contribution in [-0.4, -0.2) is 21.6 Å². The lowest BCUT2D eigenvalue weighted by Crippen LogP contribution is -2.42. The van der Waals surface area contributed by atoms with Crippen LogP contribution >= 0.6 is 22.9 Å². The van der Waals surface area contributed by atoms with Crippen LogP contribution in [0.2, 0.25) is 5.02 Å². The Morgan fingerprint density at radius 1 is 1.12 bits per heavy atom. The number of nitrogens with one attached hydrogen (secondary N) is 1. The van der Waals surface area contributed by atoms with Gasteiger partial charge in [0.2, 0.25) is 5.91 Å². The second kappa shape index (κ2) is 10.0. The Kier molecular flexibility index (Phi) is 7.16. The monoisotopic (exact) mass is 473 g/mol. The van der Waals surface area contributed by atoms with E-state index in [0.29, 0.717) is 34.9 Å². The molecule has 0 radical (unpaired) electrons. The fourth-order valence-corrected chi connectivity index (χ4v) is 5.54. The average molecular weight is 474 g/mol. The number of rotatable bonds is 7. The Labute approximate surface area is 195 Å². The highest BCUT2D eigenvalue weighted by molar-refractivity contribution is 7.17. The molecule has 0 bridgehead atoms. The summed E-state index contributed by atoms with van der Waals surface area (Å²) >= 11 is 7.70. The van der Waals surface area contributed by atoms with E-state index < -0.39 is 0 Å². The zero-order valence-corrected chi connectivity index (χ0v) is 19.8. The molecule has 1 aromatic carbocycles. The SMILES string of the molecule is CCCNC(=O)C1CCC(Cn2c(=O)c3sccc3n(Cc3ccccc3Cl)c2=O)CC1. The van der Waals surface area contributed by atoms with Crippen LogP contribution in [-0.2, 0) is 17.9 Å². The molecule has 8 heteroatoms. The molecule has 1 amide bonds. The highest BCUT2D eigenvalue weighted by atomic mass is 35.5. The number of carbonyl (C=O) groups excluding carboxylic acids is 1. The number of hydrogen-bond donors (Lipinski definition) is 1. The van der Waals surface area contributed by atoms with Crippen LogP contribution in [0.25, 0.3) is 10.2 Å². The van der Waals surface area contributed by atoms with Gasteiger partial charge in [-0.3, -0.25) is 18.7 Å². The second-order valence-corrected chi connectivity index (χ2v) is 9.84. The number of hydrogen-bond acceptors (Lipinski definition) is 4. The standard InChI is InChI=1S/C24H28ClN3O3S/c1-2-12-26-22(29)17-9-7-16(8-10-17)14-28-23(30)21-20(11-13-32-21)27(24(28)31)15-18-5-3-4-6-19(18)25/h3-6,11,13,16-17H,2,7-10,12,14-15H2,1H3,(H,26,29). The predicted molar refractivity (Wildman–Crippen MR) is 130 cm³/mol. The number of thiophene rings is 1. The molecule has 1 N–H and O–H groups in total. The van der Waals surface area contributed by atoms with E-state index in [1.165, 1.54) is 15.9 Å². The van der Waals surface area contributed by atoms with Crippen LogP contribution in [0.15, 0.2) is 45.3 Å². The van der Waals surface area contributed by atoms with Crippen LogP contribution in [0.3, 0.4) is 0 Å². The molecule has 3 aromatic rings. The number of carbonyl (C=O) groups is 1. The largest absolute Gasteiger partial charge is 0.356 e. The van der Waals surface area contributed by atoms with Crippen molar-refractivity contribution in [2.24, 2.45) is 11.8 Å². The molecule has 32 heavy (non-hydrogen) atoms. The Balaban J connectivity index is 1.58. The lowest BCUT2D eigenvalue weighted by molar-refractivity contribution is -0.126. The maximum atomic E-state index is 13.4. The molecule has 4 rings (SSSR count). The van der Waals surface area contributed by atoms with E-state index in [-0.39, 0.29) is 29.0 Å². The van der Waals surface area contributed by atoms with Gasteiger partial charge < -0.3 is 5.32 Å².